The van der Waals surface area contributed by atoms with Crippen molar-refractivity contribution in [1.82, 2.24) is 15.2 Å². The van der Waals surface area contributed by atoms with Gasteiger partial charge in [0.25, 0.3) is 0 Å². The summed E-state index contributed by atoms with van der Waals surface area (Å²) in [4.78, 5) is 17.8. The first-order valence-corrected chi connectivity index (χ1v) is 8.46. The molecule has 1 aromatic heterocycles. The normalized spacial score (nSPS) is 17.0. The molecule has 1 unspecified atom stereocenters. The second-order valence-corrected chi connectivity index (χ2v) is 5.69. The van der Waals surface area contributed by atoms with Crippen LogP contribution in [0.25, 0.3) is 16.5 Å². The van der Waals surface area contributed by atoms with Gasteiger partial charge in [-0.3, -0.25) is 4.79 Å². The molecule has 1 atom stereocenters. The molecule has 0 bridgehead atoms. The van der Waals surface area contributed by atoms with Crippen LogP contribution in [0.1, 0.15) is 19.4 Å². The van der Waals surface area contributed by atoms with Crippen molar-refractivity contribution in [2.24, 2.45) is 5.92 Å². The Bertz CT molecular complexity index is 701. The zero-order valence-electron chi connectivity index (χ0n) is 14.7. The van der Waals surface area contributed by atoms with Crippen LogP contribution in [0.5, 0.6) is 0 Å². The van der Waals surface area contributed by atoms with Crippen molar-refractivity contribution in [2.45, 2.75) is 13.8 Å². The van der Waals surface area contributed by atoms with E-state index >= 15 is 0 Å². The third-order valence-electron chi connectivity index (χ3n) is 4.41. The molecule has 0 spiro atoms. The number of rotatable bonds is 4. The number of aliphatic hydroxyl groups excluding tert-OH is 1. The first kappa shape index (κ1) is 18.2. The van der Waals surface area contributed by atoms with Gasteiger partial charge in [-0.1, -0.05) is 24.3 Å². The Morgan fingerprint density at radius 3 is 2.71 bits per heavy atom. The molecule has 2 heterocycles. The summed E-state index contributed by atoms with van der Waals surface area (Å²) in [5.74, 6) is 0.141. The molecule has 0 saturated carbocycles. The number of aromatic nitrogens is 1. The van der Waals surface area contributed by atoms with Crippen molar-refractivity contribution in [1.29, 1.82) is 0 Å². The molecule has 1 aromatic carbocycles. The van der Waals surface area contributed by atoms with E-state index in [0.717, 1.165) is 38.8 Å². The molecule has 3 rings (SSSR count). The van der Waals surface area contributed by atoms with Gasteiger partial charge < -0.3 is 20.3 Å². The summed E-state index contributed by atoms with van der Waals surface area (Å²) in [5, 5.41) is 11.6. The van der Waals surface area contributed by atoms with Gasteiger partial charge in [0.15, 0.2) is 0 Å². The van der Waals surface area contributed by atoms with E-state index in [4.69, 9.17) is 5.11 Å². The highest BCUT2D eigenvalue weighted by Gasteiger charge is 2.24. The number of aliphatic hydroxyl groups is 1. The fourth-order valence-electron chi connectivity index (χ4n) is 3.19. The molecule has 0 fully saturated rings. The van der Waals surface area contributed by atoms with Gasteiger partial charge in [0.1, 0.15) is 0 Å². The zero-order valence-corrected chi connectivity index (χ0v) is 14.7. The van der Waals surface area contributed by atoms with Crippen LogP contribution in [0.2, 0.25) is 0 Å². The van der Waals surface area contributed by atoms with E-state index in [2.05, 4.69) is 40.6 Å². The van der Waals surface area contributed by atoms with Gasteiger partial charge in [0, 0.05) is 45.0 Å². The number of aromatic amines is 1. The second-order valence-electron chi connectivity index (χ2n) is 5.69. The Morgan fingerprint density at radius 2 is 2.00 bits per heavy atom. The lowest BCUT2D eigenvalue weighted by atomic mass is 9.94. The molecular weight excluding hydrogens is 302 g/mol. The number of fused-ring (bicyclic) bond motifs is 1. The second kappa shape index (κ2) is 8.66. The van der Waals surface area contributed by atoms with E-state index in [-0.39, 0.29) is 11.8 Å². The predicted molar refractivity (Wildman–Crippen MR) is 98.7 cm³/mol. The Balaban J connectivity index is 0.00000100. The maximum Gasteiger partial charge on any atom is 0.230 e. The number of hydrogen-bond acceptors (Lipinski definition) is 3. The first-order valence-electron chi connectivity index (χ1n) is 8.46. The van der Waals surface area contributed by atoms with Crippen molar-refractivity contribution in [3.8, 4) is 0 Å². The van der Waals surface area contributed by atoms with E-state index in [1.165, 1.54) is 16.5 Å². The number of amides is 1. The summed E-state index contributed by atoms with van der Waals surface area (Å²) < 4.78 is 0. The quantitative estimate of drug-likeness (QED) is 0.806. The molecule has 1 amide bonds. The minimum Gasteiger partial charge on any atom is -0.400 e. The van der Waals surface area contributed by atoms with Gasteiger partial charge in [0.2, 0.25) is 5.91 Å². The van der Waals surface area contributed by atoms with E-state index < -0.39 is 0 Å². The van der Waals surface area contributed by atoms with Crippen LogP contribution >= 0.6 is 0 Å². The fourth-order valence-corrected chi connectivity index (χ4v) is 3.19. The zero-order chi connectivity index (χ0) is 17.5. The summed E-state index contributed by atoms with van der Waals surface area (Å²) in [7, 11) is 1.00. The van der Waals surface area contributed by atoms with Crippen LogP contribution in [0.15, 0.2) is 36.5 Å². The minimum absolute atomic E-state index is 0.0751. The number of hydrogen-bond donors (Lipinski definition) is 3. The minimum atomic E-state index is -0.0751. The van der Waals surface area contributed by atoms with Crippen molar-refractivity contribution >= 4 is 22.4 Å². The topological polar surface area (TPSA) is 68.4 Å². The Labute approximate surface area is 143 Å². The standard InChI is InChI=1S/C18H23N3O.CH4O/c1-3-21(4-2)18(22)15-10-14(11-19-12-15)16-7-5-6-13-8-9-20-17(13)16;1-2/h5-10,15,19-20H,3-4,11-12H2,1-2H3;2H,1H3. The molecule has 0 aliphatic carbocycles. The van der Waals surface area contributed by atoms with E-state index in [1.807, 2.05) is 24.9 Å². The van der Waals surface area contributed by atoms with Gasteiger partial charge in [-0.25, -0.2) is 0 Å². The first-order chi connectivity index (χ1) is 11.7. The summed E-state index contributed by atoms with van der Waals surface area (Å²) in [6.45, 7) is 7.12. The lowest BCUT2D eigenvalue weighted by Gasteiger charge is -2.27. The van der Waals surface area contributed by atoms with Gasteiger partial charge >= 0.3 is 0 Å². The van der Waals surface area contributed by atoms with Crippen molar-refractivity contribution in [3.63, 3.8) is 0 Å². The van der Waals surface area contributed by atoms with Crippen molar-refractivity contribution in [2.75, 3.05) is 33.3 Å². The average molecular weight is 329 g/mol. The number of para-hydroxylation sites is 1. The number of H-pyrrole nitrogens is 1. The molecule has 1 aliphatic heterocycles. The van der Waals surface area contributed by atoms with Crippen LogP contribution < -0.4 is 5.32 Å². The highest BCUT2D eigenvalue weighted by molar-refractivity contribution is 5.93. The summed E-state index contributed by atoms with van der Waals surface area (Å²) >= 11 is 0. The van der Waals surface area contributed by atoms with Crippen molar-refractivity contribution < 1.29 is 9.90 Å². The molecule has 5 heteroatoms. The van der Waals surface area contributed by atoms with Crippen LogP contribution in [0.3, 0.4) is 0 Å². The van der Waals surface area contributed by atoms with Gasteiger partial charge in [-0.2, -0.15) is 0 Å². The number of benzene rings is 1. The SMILES string of the molecule is CCN(CC)C(=O)C1C=C(c2cccc3cc[nH]c23)CNC1.CO. The maximum atomic E-state index is 12.6. The molecule has 0 saturated heterocycles. The molecule has 0 radical (unpaired) electrons. The van der Waals surface area contributed by atoms with Crippen LogP contribution in [-0.2, 0) is 4.79 Å². The van der Waals surface area contributed by atoms with E-state index in [1.54, 1.807) is 0 Å². The van der Waals surface area contributed by atoms with Crippen LogP contribution in [0.4, 0.5) is 0 Å². The number of nitrogens with one attached hydrogen (secondary N) is 2. The predicted octanol–water partition coefficient (Wildman–Crippen LogP) is 2.25. The highest BCUT2D eigenvalue weighted by Crippen LogP contribution is 2.26. The number of nitrogens with zero attached hydrogens (tertiary/aromatic N) is 1. The van der Waals surface area contributed by atoms with Gasteiger partial charge in [-0.05, 0) is 30.9 Å². The van der Waals surface area contributed by atoms with E-state index in [9.17, 15) is 4.79 Å². The third-order valence-corrected chi connectivity index (χ3v) is 4.41. The smallest absolute Gasteiger partial charge is 0.230 e. The maximum absolute atomic E-state index is 12.6. The van der Waals surface area contributed by atoms with Gasteiger partial charge in [-0.15, -0.1) is 0 Å². The molecular formula is C19H27N3O2. The summed E-state index contributed by atoms with van der Waals surface area (Å²) in [5.41, 5.74) is 3.53. The van der Waals surface area contributed by atoms with Gasteiger partial charge in [0.05, 0.1) is 11.4 Å². The molecule has 1 aliphatic rings. The molecule has 5 nitrogen and oxygen atoms in total. The molecule has 130 valence electrons. The Kier molecular flexibility index (Phi) is 6.58. The lowest BCUT2D eigenvalue weighted by molar-refractivity contribution is -0.133. The van der Waals surface area contributed by atoms with Crippen molar-refractivity contribution in [3.05, 3.63) is 42.1 Å². The van der Waals surface area contributed by atoms with E-state index in [0.29, 0.717) is 0 Å². The number of carbonyl (C=O) groups is 1. The fraction of sp³-hybridized carbons (Fsp3) is 0.421. The summed E-state index contributed by atoms with van der Waals surface area (Å²) in [6.07, 6.45) is 4.11. The average Bonchev–Trinajstić information content (AvgIpc) is 3.13. The molecule has 3 N–H and O–H groups in total. The Morgan fingerprint density at radius 1 is 1.25 bits per heavy atom. The third kappa shape index (κ3) is 3.68. The lowest BCUT2D eigenvalue weighted by Crippen LogP contribution is -2.41. The van der Waals surface area contributed by atoms with Crippen LogP contribution in [0, 0.1) is 5.92 Å². The monoisotopic (exact) mass is 329 g/mol. The van der Waals surface area contributed by atoms with Crippen LogP contribution in [-0.4, -0.2) is 54.2 Å². The largest absolute Gasteiger partial charge is 0.400 e. The molecule has 24 heavy (non-hydrogen) atoms. The Hall–Kier alpha value is -2.11. The number of carbonyl (C=O) groups excluding carboxylic acids is 1. The molecule has 2 aromatic rings. The highest BCUT2D eigenvalue weighted by atomic mass is 16.2. The summed E-state index contributed by atoms with van der Waals surface area (Å²) in [6, 6.07) is 8.37.